The molecule has 0 bridgehead atoms. The van der Waals surface area contributed by atoms with Crippen molar-refractivity contribution in [3.63, 3.8) is 0 Å². The van der Waals surface area contributed by atoms with Gasteiger partial charge in [-0.1, -0.05) is 26.0 Å². The lowest BCUT2D eigenvalue weighted by Crippen LogP contribution is -2.44. The minimum Gasteiger partial charge on any atom is -0.355 e. The number of halogens is 1. The molecule has 0 aromatic heterocycles. The Hall–Kier alpha value is -1.35. The molecule has 1 aromatic carbocycles. The fourth-order valence-corrected chi connectivity index (χ4v) is 3.33. The Morgan fingerprint density at radius 1 is 1.26 bits per heavy atom. The lowest BCUT2D eigenvalue weighted by Gasteiger charge is -2.24. The standard InChI is InChI=1S/C20H33N5O.HI/c1-4-11-22-19(26)17-9-6-8-16(13-17)14-23-20(21-3)24-15-18-10-7-12-25(18)5-2;/h6,8-9,13,18H,4-5,7,10-12,14-15H2,1-3H3,(H,22,26)(H2,21,23,24);1H. The quantitative estimate of drug-likeness (QED) is 0.300. The summed E-state index contributed by atoms with van der Waals surface area (Å²) in [6.07, 6.45) is 3.46. The SMILES string of the molecule is CCCNC(=O)c1cccc(CNC(=NC)NCC2CCCN2CC)c1.I. The normalized spacial score (nSPS) is 17.3. The Balaban J connectivity index is 0.00000364. The highest BCUT2D eigenvalue weighted by atomic mass is 127. The van der Waals surface area contributed by atoms with E-state index in [-0.39, 0.29) is 29.9 Å². The third kappa shape index (κ3) is 7.65. The molecule has 0 radical (unpaired) electrons. The first-order chi connectivity index (χ1) is 12.7. The predicted octanol–water partition coefficient (Wildman–Crippen LogP) is 2.59. The van der Waals surface area contributed by atoms with Crippen molar-refractivity contribution >= 4 is 35.8 Å². The maximum absolute atomic E-state index is 12.1. The average Bonchev–Trinajstić information content (AvgIpc) is 3.14. The van der Waals surface area contributed by atoms with Gasteiger partial charge in [-0.25, -0.2) is 0 Å². The number of carbonyl (C=O) groups excluding carboxylic acids is 1. The molecule has 0 aliphatic carbocycles. The minimum atomic E-state index is -0.0166. The van der Waals surface area contributed by atoms with Crippen LogP contribution in [0.15, 0.2) is 29.3 Å². The van der Waals surface area contributed by atoms with Crippen molar-refractivity contribution in [2.75, 3.05) is 33.2 Å². The van der Waals surface area contributed by atoms with E-state index in [4.69, 9.17) is 0 Å². The monoisotopic (exact) mass is 487 g/mol. The number of guanidine groups is 1. The van der Waals surface area contributed by atoms with Crippen molar-refractivity contribution in [2.45, 2.75) is 45.7 Å². The zero-order chi connectivity index (χ0) is 18.8. The zero-order valence-corrected chi connectivity index (χ0v) is 19.1. The van der Waals surface area contributed by atoms with Gasteiger partial charge in [-0.05, 0) is 50.0 Å². The van der Waals surface area contributed by atoms with E-state index in [1.807, 2.05) is 31.2 Å². The van der Waals surface area contributed by atoms with Crippen LogP contribution < -0.4 is 16.0 Å². The van der Waals surface area contributed by atoms with Crippen molar-refractivity contribution in [1.29, 1.82) is 0 Å². The summed E-state index contributed by atoms with van der Waals surface area (Å²) in [4.78, 5) is 18.9. The zero-order valence-electron chi connectivity index (χ0n) is 16.8. The number of likely N-dealkylation sites (N-methyl/N-ethyl adjacent to an activating group) is 1. The van der Waals surface area contributed by atoms with Crippen LogP contribution in [0, 0.1) is 0 Å². The number of nitrogens with zero attached hydrogens (tertiary/aromatic N) is 2. The Kier molecular flexibility index (Phi) is 11.3. The van der Waals surface area contributed by atoms with Gasteiger partial charge in [0.2, 0.25) is 0 Å². The van der Waals surface area contributed by atoms with Crippen LogP contribution in [0.4, 0.5) is 0 Å². The van der Waals surface area contributed by atoms with E-state index >= 15 is 0 Å². The van der Waals surface area contributed by atoms with E-state index in [9.17, 15) is 4.79 Å². The molecule has 3 N–H and O–H groups in total. The highest BCUT2D eigenvalue weighted by Crippen LogP contribution is 2.15. The molecular formula is C20H34IN5O. The highest BCUT2D eigenvalue weighted by Gasteiger charge is 2.22. The number of aliphatic imine (C=N–C) groups is 1. The van der Waals surface area contributed by atoms with Crippen LogP contribution in [-0.4, -0.2) is 56.0 Å². The molecule has 0 saturated carbocycles. The molecular weight excluding hydrogens is 453 g/mol. The second kappa shape index (κ2) is 12.9. The Labute approximate surface area is 180 Å². The number of nitrogens with one attached hydrogen (secondary N) is 3. The minimum absolute atomic E-state index is 0. The van der Waals surface area contributed by atoms with Crippen LogP contribution in [-0.2, 0) is 6.54 Å². The molecule has 1 heterocycles. The molecule has 1 fully saturated rings. The van der Waals surface area contributed by atoms with Gasteiger partial charge in [-0.2, -0.15) is 0 Å². The smallest absolute Gasteiger partial charge is 0.251 e. The largest absolute Gasteiger partial charge is 0.355 e. The second-order valence-corrected chi connectivity index (χ2v) is 6.69. The lowest BCUT2D eigenvalue weighted by atomic mass is 10.1. The molecule has 1 saturated heterocycles. The molecule has 1 aliphatic heterocycles. The molecule has 6 nitrogen and oxygen atoms in total. The van der Waals surface area contributed by atoms with Crippen molar-refractivity contribution < 1.29 is 4.79 Å². The Morgan fingerprint density at radius 2 is 2.07 bits per heavy atom. The topological polar surface area (TPSA) is 68.8 Å². The summed E-state index contributed by atoms with van der Waals surface area (Å²) in [5, 5.41) is 9.68. The van der Waals surface area contributed by atoms with E-state index in [0.29, 0.717) is 24.7 Å². The van der Waals surface area contributed by atoms with Gasteiger partial charge in [-0.3, -0.25) is 14.7 Å². The highest BCUT2D eigenvalue weighted by molar-refractivity contribution is 14.0. The van der Waals surface area contributed by atoms with Gasteiger partial charge in [0.05, 0.1) is 0 Å². The average molecular weight is 487 g/mol. The molecule has 7 heteroatoms. The number of carbonyl (C=O) groups is 1. The van der Waals surface area contributed by atoms with Crippen LogP contribution in [0.3, 0.4) is 0 Å². The number of benzene rings is 1. The third-order valence-corrected chi connectivity index (χ3v) is 4.82. The van der Waals surface area contributed by atoms with Crippen LogP contribution in [0.2, 0.25) is 0 Å². The Bertz CT molecular complexity index is 608. The molecule has 0 spiro atoms. The van der Waals surface area contributed by atoms with E-state index in [1.54, 1.807) is 7.05 Å². The Morgan fingerprint density at radius 3 is 2.78 bits per heavy atom. The van der Waals surface area contributed by atoms with Crippen LogP contribution in [0.5, 0.6) is 0 Å². The molecule has 1 atom stereocenters. The van der Waals surface area contributed by atoms with Crippen molar-refractivity contribution in [3.05, 3.63) is 35.4 Å². The lowest BCUT2D eigenvalue weighted by molar-refractivity contribution is 0.0953. The van der Waals surface area contributed by atoms with Gasteiger partial charge in [0.15, 0.2) is 5.96 Å². The maximum atomic E-state index is 12.1. The summed E-state index contributed by atoms with van der Waals surface area (Å²) in [7, 11) is 1.79. The molecule has 27 heavy (non-hydrogen) atoms. The molecule has 1 amide bonds. The fraction of sp³-hybridized carbons (Fsp3) is 0.600. The fourth-order valence-electron chi connectivity index (χ4n) is 3.33. The molecule has 1 aromatic rings. The predicted molar refractivity (Wildman–Crippen MR) is 123 cm³/mol. The number of hydrogen-bond acceptors (Lipinski definition) is 3. The van der Waals surface area contributed by atoms with Gasteiger partial charge in [0.25, 0.3) is 5.91 Å². The van der Waals surface area contributed by atoms with Crippen molar-refractivity contribution in [1.82, 2.24) is 20.9 Å². The first-order valence-corrected chi connectivity index (χ1v) is 9.73. The number of hydrogen-bond donors (Lipinski definition) is 3. The summed E-state index contributed by atoms with van der Waals surface area (Å²) >= 11 is 0. The second-order valence-electron chi connectivity index (χ2n) is 6.69. The van der Waals surface area contributed by atoms with E-state index in [0.717, 1.165) is 31.0 Å². The van der Waals surface area contributed by atoms with Gasteiger partial charge in [0.1, 0.15) is 0 Å². The van der Waals surface area contributed by atoms with Crippen LogP contribution >= 0.6 is 24.0 Å². The van der Waals surface area contributed by atoms with Crippen molar-refractivity contribution in [2.24, 2.45) is 4.99 Å². The van der Waals surface area contributed by atoms with Gasteiger partial charge in [-0.15, -0.1) is 24.0 Å². The van der Waals surface area contributed by atoms with E-state index in [1.165, 1.54) is 19.4 Å². The summed E-state index contributed by atoms with van der Waals surface area (Å²) in [5.41, 5.74) is 1.76. The molecule has 2 rings (SSSR count). The number of amides is 1. The number of rotatable bonds is 8. The summed E-state index contributed by atoms with van der Waals surface area (Å²) in [6, 6.07) is 8.31. The molecule has 152 valence electrons. The van der Waals surface area contributed by atoms with E-state index in [2.05, 4.69) is 32.8 Å². The summed E-state index contributed by atoms with van der Waals surface area (Å²) < 4.78 is 0. The van der Waals surface area contributed by atoms with E-state index < -0.39 is 0 Å². The molecule has 1 aliphatic rings. The number of likely N-dealkylation sites (tertiary alicyclic amines) is 1. The van der Waals surface area contributed by atoms with Crippen LogP contribution in [0.25, 0.3) is 0 Å². The first-order valence-electron chi connectivity index (χ1n) is 9.73. The third-order valence-electron chi connectivity index (χ3n) is 4.82. The van der Waals surface area contributed by atoms with Gasteiger partial charge in [0, 0.05) is 38.3 Å². The van der Waals surface area contributed by atoms with Gasteiger partial charge >= 0.3 is 0 Å². The van der Waals surface area contributed by atoms with Crippen LogP contribution in [0.1, 0.15) is 49.0 Å². The maximum Gasteiger partial charge on any atom is 0.251 e. The first kappa shape index (κ1) is 23.7. The van der Waals surface area contributed by atoms with Crippen molar-refractivity contribution in [3.8, 4) is 0 Å². The van der Waals surface area contributed by atoms with Gasteiger partial charge < -0.3 is 16.0 Å². The molecule has 1 unspecified atom stereocenters. The summed E-state index contributed by atoms with van der Waals surface area (Å²) in [5.74, 6) is 0.783. The summed E-state index contributed by atoms with van der Waals surface area (Å²) in [6.45, 7) is 8.81.